The summed E-state index contributed by atoms with van der Waals surface area (Å²) in [5.41, 5.74) is 5.17. The molecule has 0 aromatic heterocycles. The Balaban J connectivity index is 0.000000720. The summed E-state index contributed by atoms with van der Waals surface area (Å²) in [6.45, 7) is 0. The summed E-state index contributed by atoms with van der Waals surface area (Å²) in [7, 11) is 0. The van der Waals surface area contributed by atoms with E-state index in [0.29, 0.717) is 0 Å². The number of nitrogen functional groups attached to an aromatic ring is 1. The Morgan fingerprint density at radius 1 is 1.25 bits per heavy atom. The van der Waals surface area contributed by atoms with Crippen LogP contribution < -0.4 is 11.3 Å². The van der Waals surface area contributed by atoms with Crippen molar-refractivity contribution in [3.8, 4) is 0 Å². The summed E-state index contributed by atoms with van der Waals surface area (Å²) in [6, 6.07) is 8.23. The van der Waals surface area contributed by atoms with Crippen molar-refractivity contribution in [2.24, 2.45) is 5.84 Å². The number of halogens is 1. The highest BCUT2D eigenvalue weighted by atomic mass is 35.5. The molecular formula is C9H13ClN2. The minimum atomic E-state index is 0. The fourth-order valence-corrected chi connectivity index (χ4v) is 1.38. The Labute approximate surface area is 78.5 Å². The molecule has 0 amide bonds. The average Bonchev–Trinajstić information content (AvgIpc) is 2.87. The molecule has 3 heteroatoms. The molecule has 1 aromatic rings. The lowest BCUT2D eigenvalue weighted by atomic mass is 10.1. The third kappa shape index (κ3) is 1.71. The van der Waals surface area contributed by atoms with E-state index in [1.54, 1.807) is 0 Å². The second-order valence-electron chi connectivity index (χ2n) is 3.01. The van der Waals surface area contributed by atoms with Crippen LogP contribution in [0.1, 0.15) is 24.3 Å². The van der Waals surface area contributed by atoms with Gasteiger partial charge in [0.1, 0.15) is 0 Å². The largest absolute Gasteiger partial charge is 0.324 e. The van der Waals surface area contributed by atoms with E-state index in [1.165, 1.54) is 18.4 Å². The zero-order valence-electron chi connectivity index (χ0n) is 6.79. The Morgan fingerprint density at radius 2 is 1.92 bits per heavy atom. The van der Waals surface area contributed by atoms with E-state index in [0.717, 1.165) is 11.6 Å². The quantitative estimate of drug-likeness (QED) is 0.547. The van der Waals surface area contributed by atoms with Gasteiger partial charge < -0.3 is 5.43 Å². The van der Waals surface area contributed by atoms with Crippen LogP contribution in [0.2, 0.25) is 0 Å². The Bertz CT molecular complexity index is 258. The van der Waals surface area contributed by atoms with Gasteiger partial charge in [0.15, 0.2) is 0 Å². The predicted molar refractivity (Wildman–Crippen MR) is 53.5 cm³/mol. The molecular weight excluding hydrogens is 172 g/mol. The van der Waals surface area contributed by atoms with Crippen LogP contribution in [0.15, 0.2) is 24.3 Å². The van der Waals surface area contributed by atoms with Gasteiger partial charge in [0.05, 0.1) is 5.69 Å². The molecule has 0 spiro atoms. The van der Waals surface area contributed by atoms with Gasteiger partial charge in [-0.05, 0) is 30.4 Å². The van der Waals surface area contributed by atoms with Crippen molar-refractivity contribution >= 4 is 18.1 Å². The van der Waals surface area contributed by atoms with Gasteiger partial charge in [-0.3, -0.25) is 5.84 Å². The highest BCUT2D eigenvalue weighted by Crippen LogP contribution is 2.42. The Kier molecular flexibility index (Phi) is 2.95. The Morgan fingerprint density at radius 3 is 2.50 bits per heavy atom. The van der Waals surface area contributed by atoms with Gasteiger partial charge in [-0.25, -0.2) is 0 Å². The topological polar surface area (TPSA) is 38.0 Å². The third-order valence-electron chi connectivity index (χ3n) is 2.13. The van der Waals surface area contributed by atoms with Gasteiger partial charge in [0.2, 0.25) is 0 Å². The van der Waals surface area contributed by atoms with E-state index in [-0.39, 0.29) is 12.4 Å². The maximum absolute atomic E-state index is 5.37. The highest BCUT2D eigenvalue weighted by molar-refractivity contribution is 5.85. The maximum Gasteiger partial charge on any atom is 0.0519 e. The Hall–Kier alpha value is -0.730. The van der Waals surface area contributed by atoms with Crippen LogP contribution >= 0.6 is 12.4 Å². The van der Waals surface area contributed by atoms with E-state index >= 15 is 0 Å². The number of nitrogens with two attached hydrogens (primary N) is 1. The van der Waals surface area contributed by atoms with Gasteiger partial charge in [0.25, 0.3) is 0 Å². The zero-order valence-corrected chi connectivity index (χ0v) is 7.60. The molecule has 2 nitrogen and oxygen atoms in total. The van der Waals surface area contributed by atoms with Crippen LogP contribution in [-0.2, 0) is 0 Å². The van der Waals surface area contributed by atoms with E-state index in [9.17, 15) is 0 Å². The van der Waals surface area contributed by atoms with Crippen molar-refractivity contribution in [1.29, 1.82) is 0 Å². The van der Waals surface area contributed by atoms with Crippen molar-refractivity contribution in [2.45, 2.75) is 18.8 Å². The standard InChI is InChI=1S/C9H12N2.ClH/c10-11-9-4-2-1-3-8(9)7-5-6-7;/h1-4,7,11H,5-6,10H2;1H. The number of rotatable bonds is 2. The molecule has 0 heterocycles. The highest BCUT2D eigenvalue weighted by Gasteiger charge is 2.25. The second-order valence-corrected chi connectivity index (χ2v) is 3.01. The molecule has 12 heavy (non-hydrogen) atoms. The normalized spacial score (nSPS) is 15.1. The van der Waals surface area contributed by atoms with Gasteiger partial charge >= 0.3 is 0 Å². The number of nitrogens with one attached hydrogen (secondary N) is 1. The summed E-state index contributed by atoms with van der Waals surface area (Å²) < 4.78 is 0. The van der Waals surface area contributed by atoms with Gasteiger partial charge in [-0.2, -0.15) is 0 Å². The van der Waals surface area contributed by atoms with Crippen molar-refractivity contribution in [2.75, 3.05) is 5.43 Å². The van der Waals surface area contributed by atoms with Gasteiger partial charge in [0, 0.05) is 0 Å². The number of benzene rings is 1. The molecule has 0 aliphatic heterocycles. The maximum atomic E-state index is 5.37. The molecule has 3 N–H and O–H groups in total. The fraction of sp³-hybridized carbons (Fsp3) is 0.333. The molecule has 66 valence electrons. The second kappa shape index (κ2) is 3.78. The average molecular weight is 185 g/mol. The van der Waals surface area contributed by atoms with Gasteiger partial charge in [-0.1, -0.05) is 18.2 Å². The molecule has 1 fully saturated rings. The first-order valence-corrected chi connectivity index (χ1v) is 3.97. The number of hydrazine groups is 1. The fourth-order valence-electron chi connectivity index (χ4n) is 1.38. The molecule has 0 bridgehead atoms. The first-order valence-electron chi connectivity index (χ1n) is 3.97. The minimum Gasteiger partial charge on any atom is -0.324 e. The number of para-hydroxylation sites is 1. The summed E-state index contributed by atoms with van der Waals surface area (Å²) >= 11 is 0. The first-order chi connectivity index (χ1) is 5.42. The lowest BCUT2D eigenvalue weighted by Crippen LogP contribution is -2.08. The van der Waals surface area contributed by atoms with Crippen LogP contribution in [0.5, 0.6) is 0 Å². The van der Waals surface area contributed by atoms with Crippen molar-refractivity contribution in [3.05, 3.63) is 29.8 Å². The van der Waals surface area contributed by atoms with Crippen molar-refractivity contribution < 1.29 is 0 Å². The van der Waals surface area contributed by atoms with Crippen LogP contribution in [0.4, 0.5) is 5.69 Å². The van der Waals surface area contributed by atoms with Crippen LogP contribution in [-0.4, -0.2) is 0 Å². The smallest absolute Gasteiger partial charge is 0.0519 e. The lowest BCUT2D eigenvalue weighted by Gasteiger charge is -2.05. The monoisotopic (exact) mass is 184 g/mol. The number of anilines is 1. The number of hydrogen-bond donors (Lipinski definition) is 2. The van der Waals surface area contributed by atoms with Crippen molar-refractivity contribution in [3.63, 3.8) is 0 Å². The summed E-state index contributed by atoms with van der Waals surface area (Å²) in [5.74, 6) is 6.13. The van der Waals surface area contributed by atoms with E-state index in [4.69, 9.17) is 5.84 Å². The van der Waals surface area contributed by atoms with E-state index in [2.05, 4.69) is 17.6 Å². The predicted octanol–water partition coefficient (Wildman–Crippen LogP) is 2.27. The van der Waals surface area contributed by atoms with Gasteiger partial charge in [-0.15, -0.1) is 12.4 Å². The summed E-state index contributed by atoms with van der Waals surface area (Å²) in [5, 5.41) is 0. The van der Waals surface area contributed by atoms with Crippen molar-refractivity contribution in [1.82, 2.24) is 0 Å². The third-order valence-corrected chi connectivity index (χ3v) is 2.13. The van der Waals surface area contributed by atoms with Crippen LogP contribution in [0, 0.1) is 0 Å². The molecule has 2 rings (SSSR count). The molecule has 0 unspecified atom stereocenters. The molecule has 0 atom stereocenters. The number of hydrogen-bond acceptors (Lipinski definition) is 2. The molecule has 1 aliphatic carbocycles. The van der Waals surface area contributed by atoms with E-state index < -0.39 is 0 Å². The minimum absolute atomic E-state index is 0. The molecule has 0 radical (unpaired) electrons. The molecule has 1 aromatic carbocycles. The van der Waals surface area contributed by atoms with Crippen LogP contribution in [0.25, 0.3) is 0 Å². The molecule has 1 aliphatic rings. The lowest BCUT2D eigenvalue weighted by molar-refractivity contribution is 1.12. The van der Waals surface area contributed by atoms with Crippen LogP contribution in [0.3, 0.4) is 0 Å². The SMILES string of the molecule is Cl.NNc1ccccc1C1CC1. The van der Waals surface area contributed by atoms with E-state index in [1.807, 2.05) is 12.1 Å². The molecule has 1 saturated carbocycles. The molecule has 0 saturated heterocycles. The zero-order chi connectivity index (χ0) is 7.68. The first kappa shape index (κ1) is 9.36. The summed E-state index contributed by atoms with van der Waals surface area (Å²) in [6.07, 6.45) is 2.64. The summed E-state index contributed by atoms with van der Waals surface area (Å²) in [4.78, 5) is 0.